The molecule has 3 rings (SSSR count). The van der Waals surface area contributed by atoms with Gasteiger partial charge >= 0.3 is 0 Å². The van der Waals surface area contributed by atoms with Crippen molar-refractivity contribution < 1.29 is 14.3 Å². The number of ether oxygens (including phenoxy) is 1. The number of nitrogens with zero attached hydrogens (tertiary/aromatic N) is 3. The smallest absolute Gasteiger partial charge is 0.225 e. The summed E-state index contributed by atoms with van der Waals surface area (Å²) in [6.07, 6.45) is 2.93. The third-order valence-corrected chi connectivity index (χ3v) is 6.14. The minimum Gasteiger partial charge on any atom is -0.382 e. The molecule has 1 aliphatic rings. The monoisotopic (exact) mass is 455 g/mol. The fourth-order valence-corrected chi connectivity index (χ4v) is 4.20. The number of aryl methyl sites for hydroxylation is 1. The zero-order chi connectivity index (χ0) is 23.6. The van der Waals surface area contributed by atoms with E-state index in [1.54, 1.807) is 0 Å². The van der Waals surface area contributed by atoms with Crippen LogP contribution in [0, 0.1) is 19.8 Å². The van der Waals surface area contributed by atoms with Gasteiger partial charge in [0.05, 0.1) is 22.8 Å². The summed E-state index contributed by atoms with van der Waals surface area (Å²) < 4.78 is 7.16. The van der Waals surface area contributed by atoms with Crippen LogP contribution in [0.25, 0.3) is 5.69 Å². The number of rotatable bonds is 11. The van der Waals surface area contributed by atoms with Gasteiger partial charge in [-0.3, -0.25) is 9.59 Å². The van der Waals surface area contributed by atoms with Gasteiger partial charge in [-0.25, -0.2) is 4.68 Å². The van der Waals surface area contributed by atoms with Crippen LogP contribution in [0.15, 0.2) is 30.3 Å². The largest absolute Gasteiger partial charge is 0.382 e. The second-order valence-corrected chi connectivity index (χ2v) is 8.55. The maximum Gasteiger partial charge on any atom is 0.225 e. The Labute approximate surface area is 196 Å². The highest BCUT2D eigenvalue weighted by Gasteiger charge is 2.25. The molecule has 0 bridgehead atoms. The second-order valence-electron chi connectivity index (χ2n) is 8.55. The topological polar surface area (TPSA) is 88.5 Å². The molecule has 1 aromatic carbocycles. The maximum atomic E-state index is 12.6. The van der Waals surface area contributed by atoms with E-state index in [1.165, 1.54) is 0 Å². The van der Waals surface area contributed by atoms with Gasteiger partial charge in [0.1, 0.15) is 0 Å². The molecule has 0 unspecified atom stereocenters. The number of anilines is 1. The van der Waals surface area contributed by atoms with Gasteiger partial charge in [-0.2, -0.15) is 5.10 Å². The Morgan fingerprint density at radius 2 is 1.88 bits per heavy atom. The molecule has 1 aliphatic heterocycles. The van der Waals surface area contributed by atoms with Crippen molar-refractivity contribution >= 4 is 17.5 Å². The van der Waals surface area contributed by atoms with E-state index >= 15 is 0 Å². The first-order valence-electron chi connectivity index (χ1n) is 12.0. The number of carbonyl (C=O) groups is 2. The van der Waals surface area contributed by atoms with Crippen molar-refractivity contribution in [3.8, 4) is 5.69 Å². The number of nitrogens with one attached hydrogen (secondary N) is 2. The first kappa shape index (κ1) is 24.9. The van der Waals surface area contributed by atoms with Crippen molar-refractivity contribution in [1.82, 2.24) is 20.0 Å². The number of benzene rings is 1. The minimum atomic E-state index is -0.0111. The molecule has 0 radical (unpaired) electrons. The lowest BCUT2D eigenvalue weighted by atomic mass is 9.96. The van der Waals surface area contributed by atoms with Crippen LogP contribution in [0.5, 0.6) is 0 Å². The molecule has 1 saturated heterocycles. The molecular weight excluding hydrogens is 418 g/mol. The van der Waals surface area contributed by atoms with Gasteiger partial charge in [-0.1, -0.05) is 18.2 Å². The number of hydrogen-bond donors (Lipinski definition) is 2. The summed E-state index contributed by atoms with van der Waals surface area (Å²) >= 11 is 0. The zero-order valence-corrected chi connectivity index (χ0v) is 20.1. The van der Waals surface area contributed by atoms with Crippen LogP contribution < -0.4 is 10.6 Å². The Balaban J connectivity index is 1.40. The highest BCUT2D eigenvalue weighted by molar-refractivity contribution is 5.92. The van der Waals surface area contributed by atoms with E-state index in [1.807, 2.05) is 55.8 Å². The summed E-state index contributed by atoms with van der Waals surface area (Å²) in [6, 6.07) is 9.90. The summed E-state index contributed by atoms with van der Waals surface area (Å²) in [4.78, 5) is 27.2. The normalized spacial score (nSPS) is 14.9. The molecule has 8 nitrogen and oxygen atoms in total. The van der Waals surface area contributed by atoms with Gasteiger partial charge in [0.25, 0.3) is 0 Å². The number of aromatic nitrogens is 2. The Bertz CT molecular complexity index is 904. The van der Waals surface area contributed by atoms with Gasteiger partial charge in [0.2, 0.25) is 11.8 Å². The van der Waals surface area contributed by atoms with E-state index < -0.39 is 0 Å². The quantitative estimate of drug-likeness (QED) is 0.509. The first-order chi connectivity index (χ1) is 16.0. The highest BCUT2D eigenvalue weighted by Crippen LogP contribution is 2.23. The Kier molecular flexibility index (Phi) is 9.45. The van der Waals surface area contributed by atoms with Crippen LogP contribution in [0.1, 0.15) is 44.0 Å². The van der Waals surface area contributed by atoms with Crippen molar-refractivity contribution in [2.45, 2.75) is 46.5 Å². The molecule has 0 aliphatic carbocycles. The van der Waals surface area contributed by atoms with E-state index in [4.69, 9.17) is 4.74 Å². The van der Waals surface area contributed by atoms with Crippen molar-refractivity contribution in [2.75, 3.05) is 44.7 Å². The standard InChI is InChI=1S/C25H37N5O3/c1-4-33-18-8-14-26-25(32)21-11-15-29(16-12-21)17-13-23(31)27-24-19(2)28-30(20(24)3)22-9-6-5-7-10-22/h5-7,9-10,21H,4,8,11-18H2,1-3H3,(H,26,32)(H,27,31). The molecule has 2 heterocycles. The van der Waals surface area contributed by atoms with E-state index in [0.717, 1.165) is 55.1 Å². The molecule has 33 heavy (non-hydrogen) atoms. The molecule has 2 amide bonds. The summed E-state index contributed by atoms with van der Waals surface area (Å²) in [5.41, 5.74) is 3.47. The molecule has 2 aromatic rings. The Morgan fingerprint density at radius 3 is 2.58 bits per heavy atom. The summed E-state index contributed by atoms with van der Waals surface area (Å²) in [6.45, 7) is 10.3. The lowest BCUT2D eigenvalue weighted by Gasteiger charge is -2.31. The van der Waals surface area contributed by atoms with Crippen molar-refractivity contribution in [3.63, 3.8) is 0 Å². The highest BCUT2D eigenvalue weighted by atomic mass is 16.5. The predicted molar refractivity (Wildman–Crippen MR) is 130 cm³/mol. The van der Waals surface area contributed by atoms with Crippen molar-refractivity contribution in [1.29, 1.82) is 0 Å². The van der Waals surface area contributed by atoms with Crippen molar-refractivity contribution in [3.05, 3.63) is 41.7 Å². The number of hydrogen-bond acceptors (Lipinski definition) is 5. The van der Waals surface area contributed by atoms with Crippen LogP contribution >= 0.6 is 0 Å². The maximum absolute atomic E-state index is 12.6. The van der Waals surface area contributed by atoms with Gasteiger partial charge < -0.3 is 20.3 Å². The lowest BCUT2D eigenvalue weighted by molar-refractivity contribution is -0.126. The average Bonchev–Trinajstić information content (AvgIpc) is 3.11. The fourth-order valence-electron chi connectivity index (χ4n) is 4.20. The molecule has 1 fully saturated rings. The summed E-state index contributed by atoms with van der Waals surface area (Å²) in [5, 5.41) is 10.7. The van der Waals surface area contributed by atoms with E-state index in [9.17, 15) is 9.59 Å². The zero-order valence-electron chi connectivity index (χ0n) is 20.1. The number of carbonyl (C=O) groups excluding carboxylic acids is 2. The third-order valence-electron chi connectivity index (χ3n) is 6.14. The Morgan fingerprint density at radius 1 is 1.15 bits per heavy atom. The van der Waals surface area contributed by atoms with Crippen molar-refractivity contribution in [2.24, 2.45) is 5.92 Å². The number of para-hydroxylation sites is 1. The van der Waals surface area contributed by atoms with Gasteiger partial charge in [0.15, 0.2) is 0 Å². The molecule has 2 N–H and O–H groups in total. The van der Waals surface area contributed by atoms with Gasteiger partial charge in [0, 0.05) is 38.6 Å². The van der Waals surface area contributed by atoms with Crippen LogP contribution in [0.2, 0.25) is 0 Å². The van der Waals surface area contributed by atoms with Crippen LogP contribution in [0.4, 0.5) is 5.69 Å². The van der Waals surface area contributed by atoms with Gasteiger partial charge in [-0.05, 0) is 65.3 Å². The fraction of sp³-hybridized carbons (Fsp3) is 0.560. The minimum absolute atomic E-state index is 0.0111. The van der Waals surface area contributed by atoms with Gasteiger partial charge in [-0.15, -0.1) is 0 Å². The third kappa shape index (κ3) is 7.14. The molecule has 0 spiro atoms. The molecule has 180 valence electrons. The number of amides is 2. The average molecular weight is 456 g/mol. The Hall–Kier alpha value is -2.71. The van der Waals surface area contributed by atoms with E-state index in [2.05, 4.69) is 20.6 Å². The van der Waals surface area contributed by atoms with E-state index in [-0.39, 0.29) is 17.7 Å². The van der Waals surface area contributed by atoms with Crippen LogP contribution in [-0.2, 0) is 14.3 Å². The molecule has 0 saturated carbocycles. The summed E-state index contributed by atoms with van der Waals surface area (Å²) in [7, 11) is 0. The predicted octanol–water partition coefficient (Wildman–Crippen LogP) is 3.07. The van der Waals surface area contributed by atoms with Crippen LogP contribution in [0.3, 0.4) is 0 Å². The molecule has 0 atom stereocenters. The molecular formula is C25H37N5O3. The number of piperidine rings is 1. The first-order valence-corrected chi connectivity index (χ1v) is 12.0. The van der Waals surface area contributed by atoms with E-state index in [0.29, 0.717) is 32.7 Å². The lowest BCUT2D eigenvalue weighted by Crippen LogP contribution is -2.41. The summed E-state index contributed by atoms with van der Waals surface area (Å²) in [5.74, 6) is 0.199. The molecule has 1 aromatic heterocycles. The number of likely N-dealkylation sites (tertiary alicyclic amines) is 1. The van der Waals surface area contributed by atoms with Crippen LogP contribution in [-0.4, -0.2) is 65.9 Å². The molecule has 8 heteroatoms. The second kappa shape index (κ2) is 12.5. The SMILES string of the molecule is CCOCCCNC(=O)C1CCN(CCC(=O)Nc2c(C)nn(-c3ccccc3)c2C)CC1.